The zero-order valence-electron chi connectivity index (χ0n) is 9.25. The summed E-state index contributed by atoms with van der Waals surface area (Å²) in [6.45, 7) is 4.48. The van der Waals surface area contributed by atoms with Crippen LogP contribution in [0.1, 0.15) is 33.1 Å². The molecule has 2 nitrogen and oxygen atoms in total. The summed E-state index contributed by atoms with van der Waals surface area (Å²) in [6.07, 6.45) is 4.31. The van der Waals surface area contributed by atoms with Crippen molar-refractivity contribution in [2.75, 3.05) is 14.2 Å². The second-order valence-corrected chi connectivity index (χ2v) is 3.97. The molecule has 78 valence electrons. The Morgan fingerprint density at radius 3 is 1.54 bits per heavy atom. The standard InChI is InChI=1S/C11H22O2/c1-5-8-7-9(6-2)11(13-4)10(8)12-3/h8-11H,5-7H2,1-4H3. The van der Waals surface area contributed by atoms with Gasteiger partial charge < -0.3 is 9.47 Å². The molecule has 0 spiro atoms. The van der Waals surface area contributed by atoms with Crippen LogP contribution in [0.25, 0.3) is 0 Å². The van der Waals surface area contributed by atoms with Crippen LogP contribution in [0.5, 0.6) is 0 Å². The van der Waals surface area contributed by atoms with Crippen molar-refractivity contribution in [3.8, 4) is 0 Å². The minimum atomic E-state index is 0.319. The Bertz CT molecular complexity index is 131. The summed E-state index contributed by atoms with van der Waals surface area (Å²) in [5.74, 6) is 1.39. The maximum Gasteiger partial charge on any atom is 0.0863 e. The Morgan fingerprint density at radius 2 is 1.31 bits per heavy atom. The van der Waals surface area contributed by atoms with E-state index in [9.17, 15) is 0 Å². The SMILES string of the molecule is CCC1CC(CC)C(OC)C1OC. The molecular formula is C11H22O2. The third-order valence-corrected chi connectivity index (χ3v) is 3.45. The van der Waals surface area contributed by atoms with Crippen molar-refractivity contribution in [3.63, 3.8) is 0 Å². The maximum absolute atomic E-state index is 5.53. The topological polar surface area (TPSA) is 18.5 Å². The van der Waals surface area contributed by atoms with Crippen LogP contribution in [0.4, 0.5) is 0 Å². The highest BCUT2D eigenvalue weighted by atomic mass is 16.5. The molecule has 1 fully saturated rings. The van der Waals surface area contributed by atoms with Crippen LogP contribution >= 0.6 is 0 Å². The predicted molar refractivity (Wildman–Crippen MR) is 53.8 cm³/mol. The molecule has 2 heteroatoms. The van der Waals surface area contributed by atoms with Gasteiger partial charge in [-0.2, -0.15) is 0 Å². The van der Waals surface area contributed by atoms with Gasteiger partial charge in [-0.25, -0.2) is 0 Å². The molecule has 1 aliphatic rings. The molecule has 0 saturated heterocycles. The fourth-order valence-corrected chi connectivity index (χ4v) is 2.64. The molecular weight excluding hydrogens is 164 g/mol. The van der Waals surface area contributed by atoms with Gasteiger partial charge in [0.25, 0.3) is 0 Å². The number of rotatable bonds is 4. The Kier molecular flexibility index (Phi) is 4.20. The summed E-state index contributed by atoms with van der Waals surface area (Å²) >= 11 is 0. The van der Waals surface area contributed by atoms with Gasteiger partial charge >= 0.3 is 0 Å². The van der Waals surface area contributed by atoms with Crippen molar-refractivity contribution >= 4 is 0 Å². The first kappa shape index (κ1) is 11.0. The van der Waals surface area contributed by atoms with Crippen molar-refractivity contribution in [3.05, 3.63) is 0 Å². The first-order chi connectivity index (χ1) is 6.28. The summed E-state index contributed by atoms with van der Waals surface area (Å²) in [5.41, 5.74) is 0. The molecule has 0 aromatic rings. The Hall–Kier alpha value is -0.0800. The van der Waals surface area contributed by atoms with Gasteiger partial charge in [0.2, 0.25) is 0 Å². The summed E-state index contributed by atoms with van der Waals surface area (Å²) in [6, 6.07) is 0. The van der Waals surface area contributed by atoms with Crippen LogP contribution in [0.15, 0.2) is 0 Å². The van der Waals surface area contributed by atoms with Crippen molar-refractivity contribution in [1.82, 2.24) is 0 Å². The third-order valence-electron chi connectivity index (χ3n) is 3.45. The number of methoxy groups -OCH3 is 2. The molecule has 0 N–H and O–H groups in total. The lowest BCUT2D eigenvalue weighted by Gasteiger charge is -2.23. The lowest BCUT2D eigenvalue weighted by Crippen LogP contribution is -2.31. The molecule has 0 amide bonds. The highest BCUT2D eigenvalue weighted by Crippen LogP contribution is 2.38. The first-order valence-electron chi connectivity index (χ1n) is 5.34. The molecule has 1 rings (SSSR count). The molecule has 13 heavy (non-hydrogen) atoms. The maximum atomic E-state index is 5.53. The van der Waals surface area contributed by atoms with E-state index >= 15 is 0 Å². The van der Waals surface area contributed by atoms with Crippen LogP contribution < -0.4 is 0 Å². The lowest BCUT2D eigenvalue weighted by atomic mass is 10.0. The molecule has 0 aromatic carbocycles. The molecule has 0 bridgehead atoms. The summed E-state index contributed by atoms with van der Waals surface area (Å²) in [4.78, 5) is 0. The molecule has 4 atom stereocenters. The van der Waals surface area contributed by atoms with Crippen molar-refractivity contribution in [2.24, 2.45) is 11.8 Å². The number of hydrogen-bond donors (Lipinski definition) is 0. The fraction of sp³-hybridized carbons (Fsp3) is 1.00. The molecule has 1 saturated carbocycles. The van der Waals surface area contributed by atoms with Gasteiger partial charge in [-0.15, -0.1) is 0 Å². The predicted octanol–water partition coefficient (Wildman–Crippen LogP) is 2.47. The highest BCUT2D eigenvalue weighted by Gasteiger charge is 2.41. The molecule has 1 aliphatic carbocycles. The van der Waals surface area contributed by atoms with E-state index in [1.54, 1.807) is 14.2 Å². The molecule has 0 radical (unpaired) electrons. The van der Waals surface area contributed by atoms with Crippen LogP contribution in [0, 0.1) is 11.8 Å². The fourth-order valence-electron chi connectivity index (χ4n) is 2.64. The first-order valence-corrected chi connectivity index (χ1v) is 5.34. The summed E-state index contributed by atoms with van der Waals surface area (Å²) in [7, 11) is 3.61. The van der Waals surface area contributed by atoms with E-state index in [-0.39, 0.29) is 0 Å². The quantitative estimate of drug-likeness (QED) is 0.671. The van der Waals surface area contributed by atoms with Gasteiger partial charge in [0.1, 0.15) is 0 Å². The van der Waals surface area contributed by atoms with Crippen LogP contribution in [0.2, 0.25) is 0 Å². The largest absolute Gasteiger partial charge is 0.378 e. The zero-order chi connectivity index (χ0) is 9.84. The van der Waals surface area contributed by atoms with E-state index in [0.29, 0.717) is 24.0 Å². The van der Waals surface area contributed by atoms with E-state index in [2.05, 4.69) is 13.8 Å². The minimum absolute atomic E-state index is 0.319. The van der Waals surface area contributed by atoms with E-state index in [0.717, 1.165) is 0 Å². The zero-order valence-corrected chi connectivity index (χ0v) is 9.25. The van der Waals surface area contributed by atoms with Crippen molar-refractivity contribution in [1.29, 1.82) is 0 Å². The van der Waals surface area contributed by atoms with Crippen LogP contribution in [-0.2, 0) is 9.47 Å². The van der Waals surface area contributed by atoms with Crippen LogP contribution in [0.3, 0.4) is 0 Å². The van der Waals surface area contributed by atoms with Gasteiger partial charge in [0.15, 0.2) is 0 Å². The Morgan fingerprint density at radius 1 is 0.923 bits per heavy atom. The van der Waals surface area contributed by atoms with Crippen LogP contribution in [-0.4, -0.2) is 26.4 Å². The number of hydrogen-bond acceptors (Lipinski definition) is 2. The lowest BCUT2D eigenvalue weighted by molar-refractivity contribution is -0.0488. The molecule has 4 unspecified atom stereocenters. The Labute approximate surface area is 81.6 Å². The van der Waals surface area contributed by atoms with E-state index in [1.165, 1.54) is 19.3 Å². The molecule has 0 heterocycles. The number of ether oxygens (including phenoxy) is 2. The molecule has 0 aromatic heterocycles. The second kappa shape index (κ2) is 4.97. The van der Waals surface area contributed by atoms with Gasteiger partial charge in [0, 0.05) is 14.2 Å². The summed E-state index contributed by atoms with van der Waals surface area (Å²) < 4.78 is 11.1. The Balaban J connectivity index is 2.65. The van der Waals surface area contributed by atoms with Crippen molar-refractivity contribution in [2.45, 2.75) is 45.3 Å². The highest BCUT2D eigenvalue weighted by molar-refractivity contribution is 4.91. The van der Waals surface area contributed by atoms with Gasteiger partial charge in [-0.3, -0.25) is 0 Å². The minimum Gasteiger partial charge on any atom is -0.378 e. The average Bonchev–Trinajstić information content (AvgIpc) is 2.54. The molecule has 0 aliphatic heterocycles. The van der Waals surface area contributed by atoms with E-state index in [1.807, 2.05) is 0 Å². The van der Waals surface area contributed by atoms with Gasteiger partial charge in [0.05, 0.1) is 12.2 Å². The summed E-state index contributed by atoms with van der Waals surface area (Å²) in [5, 5.41) is 0. The monoisotopic (exact) mass is 186 g/mol. The van der Waals surface area contributed by atoms with E-state index in [4.69, 9.17) is 9.47 Å². The second-order valence-electron chi connectivity index (χ2n) is 3.97. The average molecular weight is 186 g/mol. The van der Waals surface area contributed by atoms with E-state index < -0.39 is 0 Å². The van der Waals surface area contributed by atoms with Crippen molar-refractivity contribution < 1.29 is 9.47 Å². The third kappa shape index (κ3) is 2.05. The van der Waals surface area contributed by atoms with Gasteiger partial charge in [-0.05, 0) is 18.3 Å². The van der Waals surface area contributed by atoms with Gasteiger partial charge in [-0.1, -0.05) is 26.7 Å². The normalized spacial score (nSPS) is 39.7. The smallest absolute Gasteiger partial charge is 0.0863 e.